The minimum absolute atomic E-state index is 0.399. The molecule has 0 radical (unpaired) electrons. The summed E-state index contributed by atoms with van der Waals surface area (Å²) in [6.45, 7) is 3.66. The number of hydrogen-bond acceptors (Lipinski definition) is 1. The highest BCUT2D eigenvalue weighted by molar-refractivity contribution is 4.85. The van der Waals surface area contributed by atoms with Gasteiger partial charge in [-0.05, 0) is 25.2 Å². The molecule has 1 aliphatic carbocycles. The Bertz CT molecular complexity index is 94.7. The van der Waals surface area contributed by atoms with Gasteiger partial charge in [-0.1, -0.05) is 12.5 Å². The second kappa shape index (κ2) is 3.02. The van der Waals surface area contributed by atoms with Gasteiger partial charge in [0.05, 0.1) is 0 Å². The molecule has 0 saturated heterocycles. The summed E-state index contributed by atoms with van der Waals surface area (Å²) in [5.41, 5.74) is 5.82. The predicted octanol–water partition coefficient (Wildman–Crippen LogP) is 1.69. The fourth-order valence-electron chi connectivity index (χ4n) is 1.25. The molecule has 1 aliphatic rings. The van der Waals surface area contributed by atoms with E-state index in [9.17, 15) is 0 Å². The molecule has 0 amide bonds. The molecule has 1 nitrogen and oxygen atoms in total. The highest BCUT2D eigenvalue weighted by atomic mass is 14.7. The maximum Gasteiger partial charge on any atom is 0.0102 e. The monoisotopic (exact) mass is 125 g/mol. The summed E-state index contributed by atoms with van der Waals surface area (Å²) in [6.07, 6.45) is 6.98. The van der Waals surface area contributed by atoms with Gasteiger partial charge in [0, 0.05) is 6.04 Å². The SMILES string of the molecule is C=CCC(N)C1CCC1. The molecule has 1 fully saturated rings. The maximum atomic E-state index is 5.82. The fraction of sp³-hybridized carbons (Fsp3) is 0.750. The van der Waals surface area contributed by atoms with E-state index in [4.69, 9.17) is 5.73 Å². The zero-order valence-electron chi connectivity index (χ0n) is 5.84. The van der Waals surface area contributed by atoms with Crippen molar-refractivity contribution in [3.63, 3.8) is 0 Å². The standard InChI is InChI=1S/C8H15N/c1-2-4-8(9)7-5-3-6-7/h2,7-8H,1,3-6,9H2. The smallest absolute Gasteiger partial charge is 0.0102 e. The molecule has 52 valence electrons. The van der Waals surface area contributed by atoms with Crippen molar-refractivity contribution in [1.29, 1.82) is 0 Å². The Morgan fingerprint density at radius 1 is 1.67 bits per heavy atom. The van der Waals surface area contributed by atoms with Crippen LogP contribution in [-0.2, 0) is 0 Å². The van der Waals surface area contributed by atoms with Gasteiger partial charge in [0.15, 0.2) is 0 Å². The van der Waals surface area contributed by atoms with E-state index in [0.717, 1.165) is 12.3 Å². The first-order chi connectivity index (χ1) is 4.34. The highest BCUT2D eigenvalue weighted by Crippen LogP contribution is 2.29. The Morgan fingerprint density at radius 2 is 2.33 bits per heavy atom. The third kappa shape index (κ3) is 1.55. The van der Waals surface area contributed by atoms with Crippen LogP contribution in [0.15, 0.2) is 12.7 Å². The summed E-state index contributed by atoms with van der Waals surface area (Å²) in [6, 6.07) is 0.399. The van der Waals surface area contributed by atoms with E-state index in [-0.39, 0.29) is 0 Å². The average molecular weight is 125 g/mol. The molecule has 1 heteroatoms. The zero-order chi connectivity index (χ0) is 6.69. The van der Waals surface area contributed by atoms with Crippen molar-refractivity contribution in [2.45, 2.75) is 31.7 Å². The number of hydrogen-bond donors (Lipinski definition) is 1. The van der Waals surface area contributed by atoms with E-state index >= 15 is 0 Å². The molecule has 0 bridgehead atoms. The summed E-state index contributed by atoms with van der Waals surface area (Å²) in [5.74, 6) is 0.808. The number of nitrogens with two attached hydrogens (primary N) is 1. The predicted molar refractivity (Wildman–Crippen MR) is 40.1 cm³/mol. The molecule has 0 aromatic heterocycles. The molecule has 0 aromatic carbocycles. The molecule has 1 atom stereocenters. The van der Waals surface area contributed by atoms with Crippen LogP contribution in [0.3, 0.4) is 0 Å². The van der Waals surface area contributed by atoms with Crippen molar-refractivity contribution in [2.75, 3.05) is 0 Å². The minimum atomic E-state index is 0.399. The zero-order valence-corrected chi connectivity index (χ0v) is 5.84. The van der Waals surface area contributed by atoms with Gasteiger partial charge in [-0.3, -0.25) is 0 Å². The molecule has 9 heavy (non-hydrogen) atoms. The summed E-state index contributed by atoms with van der Waals surface area (Å²) in [4.78, 5) is 0. The van der Waals surface area contributed by atoms with Crippen LogP contribution >= 0.6 is 0 Å². The second-order valence-electron chi connectivity index (χ2n) is 2.88. The van der Waals surface area contributed by atoms with Crippen molar-refractivity contribution in [2.24, 2.45) is 11.7 Å². The third-order valence-corrected chi connectivity index (χ3v) is 2.19. The van der Waals surface area contributed by atoms with Gasteiger partial charge in [-0.25, -0.2) is 0 Å². The molecular formula is C8H15N. The Kier molecular flexibility index (Phi) is 2.29. The Hall–Kier alpha value is -0.300. The lowest BCUT2D eigenvalue weighted by atomic mass is 9.79. The van der Waals surface area contributed by atoms with E-state index in [1.165, 1.54) is 19.3 Å². The quantitative estimate of drug-likeness (QED) is 0.571. The van der Waals surface area contributed by atoms with Crippen molar-refractivity contribution in [3.8, 4) is 0 Å². The topological polar surface area (TPSA) is 26.0 Å². The summed E-state index contributed by atoms with van der Waals surface area (Å²) < 4.78 is 0. The van der Waals surface area contributed by atoms with Gasteiger partial charge in [-0.15, -0.1) is 6.58 Å². The van der Waals surface area contributed by atoms with Gasteiger partial charge in [0.25, 0.3) is 0 Å². The molecular weight excluding hydrogens is 110 g/mol. The van der Waals surface area contributed by atoms with Gasteiger partial charge < -0.3 is 5.73 Å². The first-order valence-electron chi connectivity index (χ1n) is 3.71. The lowest BCUT2D eigenvalue weighted by Crippen LogP contribution is -2.33. The molecule has 1 unspecified atom stereocenters. The summed E-state index contributed by atoms with van der Waals surface area (Å²) in [5, 5.41) is 0. The van der Waals surface area contributed by atoms with Crippen LogP contribution in [0.5, 0.6) is 0 Å². The van der Waals surface area contributed by atoms with Gasteiger partial charge in [-0.2, -0.15) is 0 Å². The van der Waals surface area contributed by atoms with Crippen LogP contribution in [-0.4, -0.2) is 6.04 Å². The van der Waals surface area contributed by atoms with Gasteiger partial charge >= 0.3 is 0 Å². The first kappa shape index (κ1) is 6.81. The number of rotatable bonds is 3. The van der Waals surface area contributed by atoms with Crippen LogP contribution in [0.25, 0.3) is 0 Å². The van der Waals surface area contributed by atoms with E-state index < -0.39 is 0 Å². The van der Waals surface area contributed by atoms with Crippen molar-refractivity contribution in [1.82, 2.24) is 0 Å². The average Bonchev–Trinajstić information content (AvgIpc) is 1.60. The summed E-state index contributed by atoms with van der Waals surface area (Å²) >= 11 is 0. The second-order valence-corrected chi connectivity index (χ2v) is 2.88. The van der Waals surface area contributed by atoms with E-state index in [1.54, 1.807) is 0 Å². The third-order valence-electron chi connectivity index (χ3n) is 2.19. The van der Waals surface area contributed by atoms with Gasteiger partial charge in [0.2, 0.25) is 0 Å². The highest BCUT2D eigenvalue weighted by Gasteiger charge is 2.22. The van der Waals surface area contributed by atoms with Crippen LogP contribution < -0.4 is 5.73 Å². The minimum Gasteiger partial charge on any atom is -0.327 e. The van der Waals surface area contributed by atoms with Crippen LogP contribution in [0, 0.1) is 5.92 Å². The van der Waals surface area contributed by atoms with Crippen LogP contribution in [0.4, 0.5) is 0 Å². The van der Waals surface area contributed by atoms with Crippen LogP contribution in [0.2, 0.25) is 0 Å². The molecule has 1 saturated carbocycles. The molecule has 1 rings (SSSR count). The Balaban J connectivity index is 2.15. The molecule has 0 heterocycles. The lowest BCUT2D eigenvalue weighted by Gasteiger charge is -2.30. The van der Waals surface area contributed by atoms with Crippen LogP contribution in [0.1, 0.15) is 25.7 Å². The molecule has 0 spiro atoms. The molecule has 2 N–H and O–H groups in total. The van der Waals surface area contributed by atoms with E-state index in [1.807, 2.05) is 6.08 Å². The van der Waals surface area contributed by atoms with Crippen molar-refractivity contribution < 1.29 is 0 Å². The van der Waals surface area contributed by atoms with E-state index in [2.05, 4.69) is 6.58 Å². The van der Waals surface area contributed by atoms with Crippen molar-refractivity contribution >= 4 is 0 Å². The van der Waals surface area contributed by atoms with Gasteiger partial charge in [0.1, 0.15) is 0 Å². The molecule has 0 aliphatic heterocycles. The molecule has 0 aromatic rings. The lowest BCUT2D eigenvalue weighted by molar-refractivity contribution is 0.262. The first-order valence-corrected chi connectivity index (χ1v) is 3.71. The normalized spacial score (nSPS) is 22.8. The largest absolute Gasteiger partial charge is 0.327 e. The Morgan fingerprint density at radius 3 is 2.67 bits per heavy atom. The Labute approximate surface area is 56.9 Å². The van der Waals surface area contributed by atoms with E-state index in [0.29, 0.717) is 6.04 Å². The fourth-order valence-corrected chi connectivity index (χ4v) is 1.25. The maximum absolute atomic E-state index is 5.82. The van der Waals surface area contributed by atoms with Crippen molar-refractivity contribution in [3.05, 3.63) is 12.7 Å². The summed E-state index contributed by atoms with van der Waals surface area (Å²) in [7, 11) is 0.